The topological polar surface area (TPSA) is 12.9 Å². The van der Waals surface area contributed by atoms with Crippen molar-refractivity contribution in [2.24, 2.45) is 0 Å². The van der Waals surface area contributed by atoms with Gasteiger partial charge in [0.1, 0.15) is 0 Å². The number of pyridine rings is 1. The van der Waals surface area contributed by atoms with Crippen LogP contribution in [-0.4, -0.2) is 4.98 Å². The summed E-state index contributed by atoms with van der Waals surface area (Å²) in [5.74, 6) is 0. The lowest BCUT2D eigenvalue weighted by Gasteiger charge is -2.06. The molecule has 1 heterocycles. The fourth-order valence-electron chi connectivity index (χ4n) is 1.32. The molecule has 90 valence electrons. The van der Waals surface area contributed by atoms with E-state index in [1.807, 2.05) is 24.4 Å². The first-order valence-corrected chi connectivity index (χ1v) is 6.59. The summed E-state index contributed by atoms with van der Waals surface area (Å²) in [5.41, 5.74) is 2.24. The average Bonchev–Trinajstić information content (AvgIpc) is 2.36. The summed E-state index contributed by atoms with van der Waals surface area (Å²) in [6.45, 7) is 10.4. The smallest absolute Gasteiger partial charge is 0.0666 e. The maximum Gasteiger partial charge on any atom is 0.0666 e. The molecule has 0 saturated carbocycles. The molecule has 0 fully saturated rings. The molecule has 1 nitrogen and oxygen atoms in total. The molecule has 0 aliphatic carbocycles. The van der Waals surface area contributed by atoms with E-state index in [-0.39, 0.29) is 0 Å². The Balaban J connectivity index is 2.77. The molecule has 0 amide bonds. The highest BCUT2D eigenvalue weighted by Gasteiger charge is 2.02. The third-order valence-corrected chi connectivity index (χ3v) is 3.41. The quantitative estimate of drug-likeness (QED) is 0.674. The van der Waals surface area contributed by atoms with Gasteiger partial charge in [-0.25, -0.2) is 0 Å². The molecule has 0 unspecified atom stereocenters. The summed E-state index contributed by atoms with van der Waals surface area (Å²) in [7, 11) is 0. The van der Waals surface area contributed by atoms with Crippen LogP contribution < -0.4 is 0 Å². The van der Waals surface area contributed by atoms with Crippen LogP contribution in [0.25, 0.3) is 5.57 Å². The van der Waals surface area contributed by atoms with E-state index in [2.05, 4.69) is 44.5 Å². The minimum atomic E-state index is 1.03. The number of aromatic nitrogens is 1. The molecule has 0 N–H and O–H groups in total. The van der Waals surface area contributed by atoms with Gasteiger partial charge in [0, 0.05) is 11.1 Å². The second-order valence-electron chi connectivity index (χ2n) is 3.78. The number of rotatable bonds is 5. The molecule has 0 saturated heterocycles. The predicted octanol–water partition coefficient (Wildman–Crippen LogP) is 5.05. The first-order valence-electron chi connectivity index (χ1n) is 5.77. The average molecular weight is 245 g/mol. The third-order valence-electron chi connectivity index (χ3n) is 2.40. The van der Waals surface area contributed by atoms with E-state index < -0.39 is 0 Å². The van der Waals surface area contributed by atoms with Gasteiger partial charge in [-0.15, -0.1) is 0 Å². The van der Waals surface area contributed by atoms with Gasteiger partial charge >= 0.3 is 0 Å². The third kappa shape index (κ3) is 4.61. The molecular weight excluding hydrogens is 226 g/mol. The van der Waals surface area contributed by atoms with E-state index >= 15 is 0 Å². The van der Waals surface area contributed by atoms with Crippen molar-refractivity contribution in [3.63, 3.8) is 0 Å². The molecule has 1 aromatic heterocycles. The van der Waals surface area contributed by atoms with Crippen LogP contribution in [-0.2, 0) is 0 Å². The van der Waals surface area contributed by atoms with Crippen molar-refractivity contribution < 1.29 is 0 Å². The summed E-state index contributed by atoms with van der Waals surface area (Å²) in [5, 5.41) is 0. The molecule has 0 aliphatic heterocycles. The SMILES string of the molecule is C=C(/C=C\CC)S/C(C)=C(/C)c1ccccn1. The highest BCUT2D eigenvalue weighted by Crippen LogP contribution is 2.30. The first-order chi connectivity index (χ1) is 8.15. The van der Waals surface area contributed by atoms with E-state index in [9.17, 15) is 0 Å². The zero-order chi connectivity index (χ0) is 12.7. The monoisotopic (exact) mass is 245 g/mol. The maximum absolute atomic E-state index is 4.35. The van der Waals surface area contributed by atoms with Crippen molar-refractivity contribution in [1.29, 1.82) is 0 Å². The molecule has 0 aliphatic rings. The van der Waals surface area contributed by atoms with Crippen LogP contribution in [0.15, 0.2) is 52.9 Å². The number of thioether (sulfide) groups is 1. The van der Waals surface area contributed by atoms with Gasteiger partial charge in [-0.2, -0.15) is 0 Å². The summed E-state index contributed by atoms with van der Waals surface area (Å²) in [4.78, 5) is 6.66. The number of hydrogen-bond acceptors (Lipinski definition) is 2. The molecular formula is C15H19NS. The number of allylic oxidation sites excluding steroid dienone is 4. The highest BCUT2D eigenvalue weighted by atomic mass is 32.2. The molecule has 1 aromatic rings. The molecule has 17 heavy (non-hydrogen) atoms. The summed E-state index contributed by atoms with van der Waals surface area (Å²) >= 11 is 1.70. The van der Waals surface area contributed by atoms with Crippen LogP contribution in [0.4, 0.5) is 0 Å². The van der Waals surface area contributed by atoms with Crippen molar-refractivity contribution in [3.05, 3.63) is 58.6 Å². The van der Waals surface area contributed by atoms with Crippen LogP contribution in [0.2, 0.25) is 0 Å². The molecule has 0 spiro atoms. The van der Waals surface area contributed by atoms with Crippen molar-refractivity contribution in [1.82, 2.24) is 4.98 Å². The summed E-state index contributed by atoms with van der Waals surface area (Å²) in [6, 6.07) is 5.97. The Bertz CT molecular complexity index is 429. The number of nitrogens with zero attached hydrogens (tertiary/aromatic N) is 1. The van der Waals surface area contributed by atoms with Crippen LogP contribution in [0, 0.1) is 0 Å². The van der Waals surface area contributed by atoms with Gasteiger partial charge in [0.05, 0.1) is 5.69 Å². The lowest BCUT2D eigenvalue weighted by Crippen LogP contribution is -1.86. The Labute approximate surface area is 108 Å². The minimum absolute atomic E-state index is 1.03. The van der Waals surface area contributed by atoms with Crippen molar-refractivity contribution >= 4 is 17.3 Å². The van der Waals surface area contributed by atoms with Crippen molar-refractivity contribution in [3.8, 4) is 0 Å². The van der Waals surface area contributed by atoms with E-state index in [1.54, 1.807) is 11.8 Å². The predicted molar refractivity (Wildman–Crippen MR) is 78.7 cm³/mol. The van der Waals surface area contributed by atoms with Gasteiger partial charge < -0.3 is 0 Å². The van der Waals surface area contributed by atoms with Gasteiger partial charge in [0.2, 0.25) is 0 Å². The Morgan fingerprint density at radius 2 is 2.18 bits per heavy atom. The van der Waals surface area contributed by atoms with Crippen LogP contribution in [0.5, 0.6) is 0 Å². The van der Waals surface area contributed by atoms with Crippen LogP contribution in [0.3, 0.4) is 0 Å². The number of hydrogen-bond donors (Lipinski definition) is 0. The second kappa shape index (κ2) is 7.13. The Hall–Kier alpha value is -1.28. The zero-order valence-corrected chi connectivity index (χ0v) is 11.6. The van der Waals surface area contributed by atoms with E-state index in [0.29, 0.717) is 0 Å². The normalized spacial score (nSPS) is 12.6. The fourth-order valence-corrected chi connectivity index (χ4v) is 2.14. The van der Waals surface area contributed by atoms with Gasteiger partial charge in [0.25, 0.3) is 0 Å². The maximum atomic E-state index is 4.35. The Kier molecular flexibility index (Phi) is 5.78. The second-order valence-corrected chi connectivity index (χ2v) is 5.12. The molecule has 0 bridgehead atoms. The molecule has 0 atom stereocenters. The Morgan fingerprint density at radius 3 is 2.76 bits per heavy atom. The largest absolute Gasteiger partial charge is 0.257 e. The van der Waals surface area contributed by atoms with E-state index in [4.69, 9.17) is 0 Å². The molecule has 2 heteroatoms. The molecule has 0 radical (unpaired) electrons. The van der Waals surface area contributed by atoms with E-state index in [1.165, 1.54) is 10.5 Å². The molecule has 0 aromatic carbocycles. The van der Waals surface area contributed by atoms with E-state index in [0.717, 1.165) is 17.0 Å². The van der Waals surface area contributed by atoms with Crippen LogP contribution in [0.1, 0.15) is 32.9 Å². The van der Waals surface area contributed by atoms with Crippen molar-refractivity contribution in [2.45, 2.75) is 27.2 Å². The first kappa shape index (κ1) is 13.8. The zero-order valence-electron chi connectivity index (χ0n) is 10.7. The summed E-state index contributed by atoms with van der Waals surface area (Å²) < 4.78 is 0. The van der Waals surface area contributed by atoms with Crippen LogP contribution >= 0.6 is 11.8 Å². The van der Waals surface area contributed by atoms with Crippen molar-refractivity contribution in [2.75, 3.05) is 0 Å². The van der Waals surface area contributed by atoms with Gasteiger partial charge in [-0.05, 0) is 42.9 Å². The van der Waals surface area contributed by atoms with Gasteiger partial charge in [-0.1, -0.05) is 43.5 Å². The highest BCUT2D eigenvalue weighted by molar-refractivity contribution is 8.07. The Morgan fingerprint density at radius 1 is 1.41 bits per heavy atom. The standard InChI is InChI=1S/C15H19NS/c1-5-6-9-12(2)17-14(4)13(3)15-10-7-8-11-16-15/h6-11H,2,5H2,1,3-4H3/b9-6-,14-13-. The van der Waals surface area contributed by atoms with Gasteiger partial charge in [-0.3, -0.25) is 4.98 Å². The molecule has 1 rings (SSSR count). The minimum Gasteiger partial charge on any atom is -0.257 e. The summed E-state index contributed by atoms with van der Waals surface area (Å²) in [6.07, 6.45) is 7.06. The lowest BCUT2D eigenvalue weighted by molar-refractivity contribution is 1.22. The fraction of sp³-hybridized carbons (Fsp3) is 0.267. The van der Waals surface area contributed by atoms with Gasteiger partial charge in [0.15, 0.2) is 0 Å². The lowest BCUT2D eigenvalue weighted by atomic mass is 10.2.